The van der Waals surface area contributed by atoms with Gasteiger partial charge in [0, 0.05) is 37.0 Å². The summed E-state index contributed by atoms with van der Waals surface area (Å²) in [6, 6.07) is 7.46. The first kappa shape index (κ1) is 20.6. The van der Waals surface area contributed by atoms with Crippen LogP contribution in [0.2, 0.25) is 5.02 Å². The minimum atomic E-state index is -0.844. The van der Waals surface area contributed by atoms with E-state index in [9.17, 15) is 9.59 Å². The lowest BCUT2D eigenvalue weighted by Gasteiger charge is -2.45. The largest absolute Gasteiger partial charge is 0.469 e. The van der Waals surface area contributed by atoms with E-state index in [0.29, 0.717) is 42.4 Å². The molecule has 26 heavy (non-hydrogen) atoms. The van der Waals surface area contributed by atoms with Crippen molar-refractivity contribution >= 4 is 40.7 Å². The topological polar surface area (TPSA) is 58.6 Å². The molecule has 1 saturated carbocycles. The number of carbonyl (C=O) groups is 2. The molecule has 5 nitrogen and oxygen atoms in total. The molecule has 0 spiro atoms. The van der Waals surface area contributed by atoms with Crippen LogP contribution in [0.1, 0.15) is 44.1 Å². The normalized spacial score (nSPS) is 19.7. The number of benzene rings is 1. The van der Waals surface area contributed by atoms with Gasteiger partial charge in [-0.15, -0.1) is 0 Å². The van der Waals surface area contributed by atoms with Gasteiger partial charge < -0.3 is 15.0 Å². The first-order valence-corrected chi connectivity index (χ1v) is 9.59. The van der Waals surface area contributed by atoms with Gasteiger partial charge in [-0.05, 0) is 44.0 Å². The lowest BCUT2D eigenvalue weighted by Crippen LogP contribution is -2.56. The Labute approximate surface area is 165 Å². The highest BCUT2D eigenvalue weighted by atomic mass is 35.5. The molecule has 142 valence electrons. The second-order valence-electron chi connectivity index (χ2n) is 6.44. The number of rotatable bonds is 6. The number of thiocarbonyl (C=S) groups is 1. The van der Waals surface area contributed by atoms with Gasteiger partial charge in [-0.25, -0.2) is 0 Å². The molecule has 1 aromatic carbocycles. The van der Waals surface area contributed by atoms with E-state index in [2.05, 4.69) is 10.1 Å². The third kappa shape index (κ3) is 4.35. The summed E-state index contributed by atoms with van der Waals surface area (Å²) >= 11 is 12.0. The molecule has 1 atom stereocenters. The number of hydrogen-bond donors (Lipinski definition) is 1. The van der Waals surface area contributed by atoms with Crippen molar-refractivity contribution in [3.8, 4) is 0 Å². The van der Waals surface area contributed by atoms with E-state index in [0.717, 1.165) is 18.4 Å². The number of carbonyl (C=O) groups excluding carboxylic acids is 2. The molecule has 1 aromatic rings. The smallest absolute Gasteiger partial charge is 0.305 e. The van der Waals surface area contributed by atoms with E-state index in [1.54, 1.807) is 6.07 Å². The van der Waals surface area contributed by atoms with Crippen molar-refractivity contribution in [2.45, 2.75) is 44.1 Å². The van der Waals surface area contributed by atoms with Crippen LogP contribution in [-0.4, -0.2) is 42.5 Å². The molecular weight excluding hydrogens is 372 g/mol. The molecule has 0 amide bonds. The fourth-order valence-electron chi connectivity index (χ4n) is 3.45. The maximum Gasteiger partial charge on any atom is 0.305 e. The Hall–Kier alpha value is -1.66. The molecule has 0 bridgehead atoms. The molecule has 1 aliphatic carbocycles. The van der Waals surface area contributed by atoms with Crippen molar-refractivity contribution in [3.63, 3.8) is 0 Å². The van der Waals surface area contributed by atoms with Gasteiger partial charge >= 0.3 is 5.97 Å². The van der Waals surface area contributed by atoms with Gasteiger partial charge in [-0.1, -0.05) is 29.8 Å². The van der Waals surface area contributed by atoms with Crippen LogP contribution in [0.3, 0.4) is 0 Å². The van der Waals surface area contributed by atoms with E-state index in [-0.39, 0.29) is 11.8 Å². The Morgan fingerprint density at radius 3 is 2.77 bits per heavy atom. The molecule has 1 fully saturated rings. The second-order valence-corrected chi connectivity index (χ2v) is 7.23. The second kappa shape index (κ2) is 9.33. The third-order valence-electron chi connectivity index (χ3n) is 4.91. The van der Waals surface area contributed by atoms with E-state index in [1.165, 1.54) is 7.11 Å². The standard InChI is InChI=1S/C19H25ClN2O3S/c1-22(18(26)21-13-7-11-17(24)25-2)19(12-6-5-10-16(19)23)14-8-3-4-9-15(14)20/h3-4,8-9H,5-7,10-13H2,1-2H3,(H,21,26)/t19-/m0/s1. The molecule has 0 unspecified atom stereocenters. The van der Waals surface area contributed by atoms with Crippen LogP contribution >= 0.6 is 23.8 Å². The lowest BCUT2D eigenvalue weighted by molar-refractivity contribution is -0.140. The molecule has 7 heteroatoms. The van der Waals surface area contributed by atoms with Crippen LogP contribution in [-0.2, 0) is 19.9 Å². The predicted molar refractivity (Wildman–Crippen MR) is 106 cm³/mol. The van der Waals surface area contributed by atoms with Crippen LogP contribution < -0.4 is 5.32 Å². The first-order valence-electron chi connectivity index (χ1n) is 8.80. The number of hydrogen-bond acceptors (Lipinski definition) is 4. The summed E-state index contributed by atoms with van der Waals surface area (Å²) in [7, 11) is 3.21. The fourth-order valence-corrected chi connectivity index (χ4v) is 4.00. The van der Waals surface area contributed by atoms with Gasteiger partial charge in [0.1, 0.15) is 5.54 Å². The molecule has 2 rings (SSSR count). The number of likely N-dealkylation sites (N-methyl/N-ethyl adjacent to an activating group) is 1. The van der Waals surface area contributed by atoms with Gasteiger partial charge in [0.25, 0.3) is 0 Å². The van der Waals surface area contributed by atoms with Crippen molar-refractivity contribution in [3.05, 3.63) is 34.9 Å². The maximum atomic E-state index is 13.0. The Morgan fingerprint density at radius 1 is 1.38 bits per heavy atom. The Balaban J connectivity index is 2.18. The van der Waals surface area contributed by atoms with Gasteiger partial charge in [-0.2, -0.15) is 0 Å². The highest BCUT2D eigenvalue weighted by Crippen LogP contribution is 2.42. The summed E-state index contributed by atoms with van der Waals surface area (Å²) in [6.07, 6.45) is 3.94. The zero-order chi connectivity index (χ0) is 19.2. The average molecular weight is 397 g/mol. The number of nitrogens with one attached hydrogen (secondary N) is 1. The van der Waals surface area contributed by atoms with Crippen molar-refractivity contribution in [1.82, 2.24) is 10.2 Å². The molecule has 0 heterocycles. The van der Waals surface area contributed by atoms with Gasteiger partial charge in [-0.3, -0.25) is 9.59 Å². The maximum absolute atomic E-state index is 13.0. The molecule has 0 aliphatic heterocycles. The Bertz CT molecular complexity index is 683. The zero-order valence-electron chi connectivity index (χ0n) is 15.2. The van der Waals surface area contributed by atoms with Crippen molar-refractivity contribution in [1.29, 1.82) is 0 Å². The third-order valence-corrected chi connectivity index (χ3v) is 5.66. The number of nitrogens with zero attached hydrogens (tertiary/aromatic N) is 1. The number of ether oxygens (including phenoxy) is 1. The summed E-state index contributed by atoms with van der Waals surface area (Å²) in [5.74, 6) is -0.112. The van der Waals surface area contributed by atoms with E-state index >= 15 is 0 Å². The highest BCUT2D eigenvalue weighted by molar-refractivity contribution is 7.80. The van der Waals surface area contributed by atoms with E-state index in [1.807, 2.05) is 30.1 Å². The minimum absolute atomic E-state index is 0.137. The van der Waals surface area contributed by atoms with Gasteiger partial charge in [0.15, 0.2) is 10.9 Å². The summed E-state index contributed by atoms with van der Waals surface area (Å²) in [6.45, 7) is 0.533. The minimum Gasteiger partial charge on any atom is -0.469 e. The molecule has 0 saturated heterocycles. The van der Waals surface area contributed by atoms with Crippen LogP contribution in [0.15, 0.2) is 24.3 Å². The number of Topliss-reactive ketones (excluding diaryl/α,β-unsaturated/α-hetero) is 1. The monoisotopic (exact) mass is 396 g/mol. The van der Waals surface area contributed by atoms with Crippen LogP contribution in [0.4, 0.5) is 0 Å². The van der Waals surface area contributed by atoms with Crippen LogP contribution in [0, 0.1) is 0 Å². The first-order chi connectivity index (χ1) is 12.4. The number of esters is 1. The molecule has 1 N–H and O–H groups in total. The van der Waals surface area contributed by atoms with Gasteiger partial charge in [0.2, 0.25) is 0 Å². The zero-order valence-corrected chi connectivity index (χ0v) is 16.8. The van der Waals surface area contributed by atoms with Crippen LogP contribution in [0.5, 0.6) is 0 Å². The lowest BCUT2D eigenvalue weighted by atomic mass is 9.74. The number of ketones is 1. The fraction of sp³-hybridized carbons (Fsp3) is 0.526. The Morgan fingerprint density at radius 2 is 2.12 bits per heavy atom. The quantitative estimate of drug-likeness (QED) is 0.451. The summed E-state index contributed by atoms with van der Waals surface area (Å²) in [5, 5.41) is 4.20. The highest BCUT2D eigenvalue weighted by Gasteiger charge is 2.46. The molecule has 0 radical (unpaired) electrons. The van der Waals surface area contributed by atoms with Gasteiger partial charge in [0.05, 0.1) is 7.11 Å². The van der Waals surface area contributed by atoms with Crippen molar-refractivity contribution in [2.24, 2.45) is 0 Å². The van der Waals surface area contributed by atoms with E-state index < -0.39 is 5.54 Å². The average Bonchev–Trinajstić information content (AvgIpc) is 2.65. The molecular formula is C19H25ClN2O3S. The number of halogens is 1. The van der Waals surface area contributed by atoms with E-state index in [4.69, 9.17) is 23.8 Å². The number of methoxy groups -OCH3 is 1. The van der Waals surface area contributed by atoms with Crippen LogP contribution in [0.25, 0.3) is 0 Å². The summed E-state index contributed by atoms with van der Waals surface area (Å²) in [4.78, 5) is 26.1. The Kier molecular flexibility index (Phi) is 7.41. The predicted octanol–water partition coefficient (Wildman–Crippen LogP) is 3.44. The molecule has 0 aromatic heterocycles. The summed E-state index contributed by atoms with van der Waals surface area (Å²) in [5.41, 5.74) is -0.0455. The molecule has 1 aliphatic rings. The summed E-state index contributed by atoms with van der Waals surface area (Å²) < 4.78 is 4.63. The van der Waals surface area contributed by atoms with Crippen molar-refractivity contribution < 1.29 is 14.3 Å². The van der Waals surface area contributed by atoms with Crippen molar-refractivity contribution in [2.75, 3.05) is 20.7 Å². The SMILES string of the molecule is COC(=O)CCCNC(=S)N(C)[C@]1(c2ccccc2Cl)CCCCC1=O.